The van der Waals surface area contributed by atoms with Crippen LogP contribution in [0.2, 0.25) is 5.02 Å². The van der Waals surface area contributed by atoms with Crippen LogP contribution in [0.3, 0.4) is 0 Å². The number of benzene rings is 1. The summed E-state index contributed by atoms with van der Waals surface area (Å²) in [7, 11) is 0. The maximum Gasteiger partial charge on any atom is 0.146 e. The lowest BCUT2D eigenvalue weighted by atomic mass is 10.2. The lowest BCUT2D eigenvalue weighted by molar-refractivity contribution is 0.301. The zero-order valence-corrected chi connectivity index (χ0v) is 10.2. The summed E-state index contributed by atoms with van der Waals surface area (Å²) in [6.07, 6.45) is 0. The predicted molar refractivity (Wildman–Crippen MR) is 68.0 cm³/mol. The first-order valence-corrected chi connectivity index (χ1v) is 5.43. The quantitative estimate of drug-likeness (QED) is 0.569. The number of nitrogens with two attached hydrogens (primary N) is 1. The summed E-state index contributed by atoms with van der Waals surface area (Å²) in [5.74, 6) is -0.410. The van der Waals surface area contributed by atoms with Crippen LogP contribution < -0.4 is 11.1 Å². The molecular weight excluding hydrogens is 251 g/mol. The molecule has 90 valence electrons. The van der Waals surface area contributed by atoms with E-state index in [9.17, 15) is 4.39 Å². The van der Waals surface area contributed by atoms with Crippen LogP contribution in [0.4, 0.5) is 4.39 Å². The molecule has 0 saturated heterocycles. The van der Waals surface area contributed by atoms with E-state index in [1.165, 1.54) is 11.6 Å². The molecule has 0 bridgehead atoms. The van der Waals surface area contributed by atoms with Gasteiger partial charge in [-0.15, -0.1) is 0 Å². The van der Waals surface area contributed by atoms with Crippen LogP contribution in [0.5, 0.6) is 0 Å². The van der Waals surface area contributed by atoms with Gasteiger partial charge < -0.3 is 16.2 Å². The third kappa shape index (κ3) is 5.97. The van der Waals surface area contributed by atoms with E-state index < -0.39 is 5.82 Å². The fourth-order valence-corrected chi connectivity index (χ4v) is 1.14. The highest BCUT2D eigenvalue weighted by Crippen LogP contribution is 2.16. The van der Waals surface area contributed by atoms with Gasteiger partial charge in [0.2, 0.25) is 0 Å². The number of thiocarbonyl (C=S) groups is 1. The van der Waals surface area contributed by atoms with E-state index in [-0.39, 0.29) is 18.2 Å². The third-order valence-electron chi connectivity index (χ3n) is 1.59. The van der Waals surface area contributed by atoms with E-state index >= 15 is 0 Å². The molecule has 0 amide bonds. The molecule has 1 aromatic carbocycles. The van der Waals surface area contributed by atoms with E-state index in [2.05, 4.69) is 17.5 Å². The predicted octanol–water partition coefficient (Wildman–Crippen LogP) is 1.46. The molecule has 0 fully saturated rings. The molecule has 0 heterocycles. The van der Waals surface area contributed by atoms with Crippen molar-refractivity contribution in [2.75, 3.05) is 13.2 Å². The molecular formula is C10H14ClFN2OS. The van der Waals surface area contributed by atoms with Crippen molar-refractivity contribution in [1.82, 2.24) is 5.32 Å². The van der Waals surface area contributed by atoms with Crippen molar-refractivity contribution < 1.29 is 9.50 Å². The molecule has 0 aliphatic heterocycles. The molecule has 16 heavy (non-hydrogen) atoms. The van der Waals surface area contributed by atoms with Crippen molar-refractivity contribution in [3.05, 3.63) is 34.6 Å². The number of nitrogens with one attached hydrogen (secondary N) is 1. The number of hydrogen-bond donors (Lipinski definition) is 3. The Hall–Kier alpha value is -0.750. The van der Waals surface area contributed by atoms with Crippen molar-refractivity contribution in [3.8, 4) is 0 Å². The van der Waals surface area contributed by atoms with Gasteiger partial charge in [-0.1, -0.05) is 36.0 Å². The van der Waals surface area contributed by atoms with E-state index in [1.54, 1.807) is 12.1 Å². The summed E-state index contributed by atoms with van der Waals surface area (Å²) in [5, 5.41) is 10.8. The fourth-order valence-electron chi connectivity index (χ4n) is 0.830. The van der Waals surface area contributed by atoms with Crippen molar-refractivity contribution in [2.24, 2.45) is 5.73 Å². The smallest absolute Gasteiger partial charge is 0.146 e. The first-order chi connectivity index (χ1) is 7.67. The maximum atomic E-state index is 12.8. The van der Waals surface area contributed by atoms with E-state index in [1.807, 2.05) is 0 Å². The van der Waals surface area contributed by atoms with Crippen LogP contribution in [-0.4, -0.2) is 23.7 Å². The molecule has 3 nitrogen and oxygen atoms in total. The van der Waals surface area contributed by atoms with Crippen molar-refractivity contribution in [2.45, 2.75) is 6.54 Å². The second-order valence-electron chi connectivity index (χ2n) is 2.71. The Morgan fingerprint density at radius 1 is 1.56 bits per heavy atom. The highest BCUT2D eigenvalue weighted by molar-refractivity contribution is 7.78. The Kier molecular flexibility index (Phi) is 9.03. The second kappa shape index (κ2) is 9.47. The average molecular weight is 265 g/mol. The molecule has 4 N–H and O–H groups in total. The van der Waals surface area contributed by atoms with Crippen LogP contribution in [-0.2, 0) is 6.54 Å². The van der Waals surface area contributed by atoms with Gasteiger partial charge in [0.1, 0.15) is 5.82 Å². The van der Waals surface area contributed by atoms with E-state index in [0.717, 1.165) is 0 Å². The van der Waals surface area contributed by atoms with Crippen LogP contribution >= 0.6 is 23.8 Å². The summed E-state index contributed by atoms with van der Waals surface area (Å²) in [6, 6.07) is 4.78. The van der Waals surface area contributed by atoms with E-state index in [4.69, 9.17) is 22.4 Å². The molecule has 0 radical (unpaired) electrons. The minimum Gasteiger partial charge on any atom is -0.395 e. The number of hydrogen-bond acceptors (Lipinski definition) is 3. The Labute approximate surface area is 104 Å². The normalized spacial score (nSPS) is 9.00. The lowest BCUT2D eigenvalue weighted by Gasteiger charge is -1.98. The monoisotopic (exact) mass is 264 g/mol. The largest absolute Gasteiger partial charge is 0.395 e. The van der Waals surface area contributed by atoms with Gasteiger partial charge in [0.15, 0.2) is 0 Å². The summed E-state index contributed by atoms with van der Waals surface area (Å²) < 4.78 is 12.8. The molecule has 1 aromatic rings. The highest BCUT2D eigenvalue weighted by Gasteiger charge is 2.02. The zero-order chi connectivity index (χ0) is 12.4. The van der Waals surface area contributed by atoms with Crippen molar-refractivity contribution in [3.63, 3.8) is 0 Å². The van der Waals surface area contributed by atoms with Gasteiger partial charge in [-0.05, 0) is 6.07 Å². The molecule has 0 unspecified atom stereocenters. The van der Waals surface area contributed by atoms with Crippen LogP contribution in [0.15, 0.2) is 18.2 Å². The summed E-state index contributed by atoms with van der Waals surface area (Å²) in [5.41, 5.74) is 7.06. The Morgan fingerprint density at radius 3 is 2.62 bits per heavy atom. The minimum absolute atomic E-state index is 0.128. The Morgan fingerprint density at radius 2 is 2.25 bits per heavy atom. The van der Waals surface area contributed by atoms with Gasteiger partial charge in [-0.25, -0.2) is 4.39 Å². The first kappa shape index (κ1) is 15.2. The number of aliphatic hydroxyl groups excluding tert-OH is 1. The number of rotatable bonds is 4. The number of aliphatic hydroxyl groups is 1. The van der Waals surface area contributed by atoms with Gasteiger partial charge >= 0.3 is 0 Å². The molecule has 0 saturated carbocycles. The lowest BCUT2D eigenvalue weighted by Crippen LogP contribution is -2.13. The highest BCUT2D eigenvalue weighted by atomic mass is 35.5. The molecule has 6 heteroatoms. The van der Waals surface area contributed by atoms with Crippen LogP contribution in [0.1, 0.15) is 5.56 Å². The topological polar surface area (TPSA) is 58.3 Å². The zero-order valence-electron chi connectivity index (χ0n) is 8.62. The van der Waals surface area contributed by atoms with Gasteiger partial charge in [-0.3, -0.25) is 0 Å². The standard InChI is InChI=1S/C7H7ClFN.C3H7NOS/c8-6-3-1-2-5(4-10)7(6)9;5-2-1-4-3-6/h1-3H,4,10H2;3,5H,1-2H2,(H,4,6). The maximum absolute atomic E-state index is 12.8. The second-order valence-corrected chi connectivity index (χ2v) is 3.36. The Balaban J connectivity index is 0.000000325. The Bertz CT molecular complexity index is 326. The van der Waals surface area contributed by atoms with Crippen molar-refractivity contribution in [1.29, 1.82) is 0 Å². The average Bonchev–Trinajstić information content (AvgIpc) is 2.31. The van der Waals surface area contributed by atoms with Crippen LogP contribution in [0.25, 0.3) is 0 Å². The van der Waals surface area contributed by atoms with Gasteiger partial charge in [0.05, 0.1) is 17.1 Å². The molecule has 0 aliphatic carbocycles. The summed E-state index contributed by atoms with van der Waals surface area (Å²) in [4.78, 5) is 0. The number of halogens is 2. The van der Waals surface area contributed by atoms with Crippen LogP contribution in [0, 0.1) is 5.82 Å². The summed E-state index contributed by atoms with van der Waals surface area (Å²) in [6.45, 7) is 0.892. The third-order valence-corrected chi connectivity index (χ3v) is 2.05. The molecule has 0 atom stereocenters. The van der Waals surface area contributed by atoms with Gasteiger partial charge in [-0.2, -0.15) is 0 Å². The fraction of sp³-hybridized carbons (Fsp3) is 0.300. The summed E-state index contributed by atoms with van der Waals surface area (Å²) >= 11 is 9.83. The van der Waals surface area contributed by atoms with Gasteiger partial charge in [0, 0.05) is 18.7 Å². The molecule has 1 rings (SSSR count). The SMILES string of the molecule is NCc1cccc(Cl)c1F.OCCNC=S. The van der Waals surface area contributed by atoms with Gasteiger partial charge in [0.25, 0.3) is 0 Å². The molecule has 0 aromatic heterocycles. The molecule has 0 aliphatic rings. The van der Waals surface area contributed by atoms with Crippen molar-refractivity contribution >= 4 is 29.3 Å². The van der Waals surface area contributed by atoms with E-state index in [0.29, 0.717) is 12.1 Å². The minimum atomic E-state index is -0.410. The molecule has 0 spiro atoms. The first-order valence-electron chi connectivity index (χ1n) is 4.58.